The molecule has 0 spiro atoms. The number of methoxy groups -OCH3 is 1. The third-order valence-electron chi connectivity index (χ3n) is 4.15. The molecule has 20 heavy (non-hydrogen) atoms. The van der Waals surface area contributed by atoms with Gasteiger partial charge in [-0.3, -0.25) is 11.3 Å². The Bertz CT molecular complexity index is 581. The SMILES string of the molecule is COc1ccccc1C(NN)C1CCCc2sccc21. The molecule has 2 aromatic rings. The van der Waals surface area contributed by atoms with Crippen molar-refractivity contribution < 1.29 is 4.74 Å². The first kappa shape index (κ1) is 13.6. The summed E-state index contributed by atoms with van der Waals surface area (Å²) in [6.07, 6.45) is 3.59. The number of hydrazine groups is 1. The van der Waals surface area contributed by atoms with Crippen LogP contribution in [0.4, 0.5) is 0 Å². The van der Waals surface area contributed by atoms with Gasteiger partial charge in [-0.2, -0.15) is 0 Å². The number of fused-ring (bicyclic) bond motifs is 1. The van der Waals surface area contributed by atoms with E-state index in [1.165, 1.54) is 23.3 Å². The first-order valence-corrected chi connectivity index (χ1v) is 7.88. The second kappa shape index (κ2) is 5.95. The largest absolute Gasteiger partial charge is 0.496 e. The Morgan fingerprint density at radius 2 is 2.20 bits per heavy atom. The van der Waals surface area contributed by atoms with Crippen molar-refractivity contribution in [2.45, 2.75) is 31.2 Å². The van der Waals surface area contributed by atoms with Crippen LogP contribution >= 0.6 is 11.3 Å². The minimum atomic E-state index is 0.0970. The van der Waals surface area contributed by atoms with Gasteiger partial charge >= 0.3 is 0 Å². The Hall–Kier alpha value is -1.36. The maximum atomic E-state index is 5.88. The molecular formula is C16H20N2OS. The number of ether oxygens (including phenoxy) is 1. The van der Waals surface area contributed by atoms with E-state index in [9.17, 15) is 0 Å². The molecule has 106 valence electrons. The van der Waals surface area contributed by atoms with Gasteiger partial charge in [-0.25, -0.2) is 0 Å². The van der Waals surface area contributed by atoms with Crippen LogP contribution in [0.1, 0.15) is 40.8 Å². The molecule has 0 saturated carbocycles. The molecular weight excluding hydrogens is 268 g/mol. The van der Waals surface area contributed by atoms with Crippen molar-refractivity contribution in [3.63, 3.8) is 0 Å². The molecule has 1 aromatic heterocycles. The highest BCUT2D eigenvalue weighted by atomic mass is 32.1. The lowest BCUT2D eigenvalue weighted by molar-refractivity contribution is 0.372. The average molecular weight is 288 g/mol. The Balaban J connectivity index is 1.99. The quantitative estimate of drug-likeness (QED) is 0.670. The third kappa shape index (κ3) is 2.35. The van der Waals surface area contributed by atoms with Gasteiger partial charge in [0.1, 0.15) is 5.75 Å². The fourth-order valence-electron chi connectivity index (χ4n) is 3.21. The molecule has 1 aromatic carbocycles. The van der Waals surface area contributed by atoms with Crippen LogP contribution in [0.3, 0.4) is 0 Å². The highest BCUT2D eigenvalue weighted by molar-refractivity contribution is 7.10. The van der Waals surface area contributed by atoms with Crippen molar-refractivity contribution in [2.24, 2.45) is 5.84 Å². The van der Waals surface area contributed by atoms with Gasteiger partial charge in [0.05, 0.1) is 13.2 Å². The van der Waals surface area contributed by atoms with Crippen LogP contribution in [0, 0.1) is 0 Å². The van der Waals surface area contributed by atoms with E-state index in [0.717, 1.165) is 17.7 Å². The molecule has 0 saturated heterocycles. The molecule has 1 aliphatic rings. The van der Waals surface area contributed by atoms with Gasteiger partial charge in [-0.1, -0.05) is 18.2 Å². The number of hydrogen-bond acceptors (Lipinski definition) is 4. The Labute approximate surface area is 123 Å². The van der Waals surface area contributed by atoms with Crippen LogP contribution in [0.2, 0.25) is 0 Å². The summed E-state index contributed by atoms with van der Waals surface area (Å²) in [4.78, 5) is 1.51. The van der Waals surface area contributed by atoms with Crippen LogP contribution in [-0.4, -0.2) is 7.11 Å². The van der Waals surface area contributed by atoms with E-state index in [4.69, 9.17) is 10.6 Å². The normalized spacial score (nSPS) is 19.4. The number of hydrogen-bond donors (Lipinski definition) is 2. The Morgan fingerprint density at radius 1 is 1.35 bits per heavy atom. The third-order valence-corrected chi connectivity index (χ3v) is 5.15. The van der Waals surface area contributed by atoms with Gasteiger partial charge in [-0.15, -0.1) is 11.3 Å². The molecule has 0 aliphatic heterocycles. The predicted octanol–water partition coefficient (Wildman–Crippen LogP) is 3.38. The predicted molar refractivity (Wildman–Crippen MR) is 83.1 cm³/mol. The van der Waals surface area contributed by atoms with E-state index in [-0.39, 0.29) is 6.04 Å². The minimum absolute atomic E-state index is 0.0970. The highest BCUT2D eigenvalue weighted by Gasteiger charge is 2.30. The van der Waals surface area contributed by atoms with Crippen molar-refractivity contribution in [3.8, 4) is 5.75 Å². The first-order valence-electron chi connectivity index (χ1n) is 7.00. The summed E-state index contributed by atoms with van der Waals surface area (Å²) in [5.74, 6) is 7.21. The topological polar surface area (TPSA) is 47.3 Å². The van der Waals surface area contributed by atoms with Gasteiger partial charge < -0.3 is 4.74 Å². The zero-order valence-corrected chi connectivity index (χ0v) is 12.5. The lowest BCUT2D eigenvalue weighted by Crippen LogP contribution is -2.34. The number of thiophene rings is 1. The lowest BCUT2D eigenvalue weighted by atomic mass is 9.80. The summed E-state index contributed by atoms with van der Waals surface area (Å²) in [6, 6.07) is 10.5. The zero-order chi connectivity index (χ0) is 13.9. The number of para-hydroxylation sites is 1. The Morgan fingerprint density at radius 3 is 3.00 bits per heavy atom. The fourth-order valence-corrected chi connectivity index (χ4v) is 4.21. The molecule has 3 nitrogen and oxygen atoms in total. The summed E-state index contributed by atoms with van der Waals surface area (Å²) >= 11 is 1.86. The summed E-state index contributed by atoms with van der Waals surface area (Å²) in [7, 11) is 1.71. The first-order chi connectivity index (χ1) is 9.85. The molecule has 2 unspecified atom stereocenters. The van der Waals surface area contributed by atoms with Gasteiger partial charge in [-0.05, 0) is 42.3 Å². The summed E-state index contributed by atoms with van der Waals surface area (Å²) < 4.78 is 5.50. The van der Waals surface area contributed by atoms with Gasteiger partial charge in [0.25, 0.3) is 0 Å². The van der Waals surface area contributed by atoms with E-state index >= 15 is 0 Å². The van der Waals surface area contributed by atoms with Crippen molar-refractivity contribution in [1.29, 1.82) is 0 Å². The molecule has 2 atom stereocenters. The lowest BCUT2D eigenvalue weighted by Gasteiger charge is -2.31. The highest BCUT2D eigenvalue weighted by Crippen LogP contribution is 2.43. The van der Waals surface area contributed by atoms with Gasteiger partial charge in [0, 0.05) is 16.4 Å². The number of rotatable bonds is 4. The van der Waals surface area contributed by atoms with Crippen molar-refractivity contribution in [3.05, 3.63) is 51.7 Å². The Kier molecular flexibility index (Phi) is 4.05. The van der Waals surface area contributed by atoms with E-state index < -0.39 is 0 Å². The maximum Gasteiger partial charge on any atom is 0.123 e. The summed E-state index contributed by atoms with van der Waals surface area (Å²) in [6.45, 7) is 0. The van der Waals surface area contributed by atoms with Crippen LogP contribution in [-0.2, 0) is 6.42 Å². The van der Waals surface area contributed by atoms with E-state index in [1.807, 2.05) is 29.5 Å². The molecule has 0 amide bonds. The van der Waals surface area contributed by atoms with Crippen LogP contribution in [0.15, 0.2) is 35.7 Å². The molecule has 0 fully saturated rings. The van der Waals surface area contributed by atoms with Crippen molar-refractivity contribution in [1.82, 2.24) is 5.43 Å². The number of nitrogens with two attached hydrogens (primary N) is 1. The average Bonchev–Trinajstić information content (AvgIpc) is 2.98. The second-order valence-electron chi connectivity index (χ2n) is 5.18. The van der Waals surface area contributed by atoms with E-state index in [1.54, 1.807) is 7.11 Å². The molecule has 1 aliphatic carbocycles. The molecule has 3 N–H and O–H groups in total. The number of nitrogens with one attached hydrogen (secondary N) is 1. The number of aryl methyl sites for hydroxylation is 1. The molecule has 0 bridgehead atoms. The monoisotopic (exact) mass is 288 g/mol. The second-order valence-corrected chi connectivity index (χ2v) is 6.18. The van der Waals surface area contributed by atoms with Gasteiger partial charge in [0.15, 0.2) is 0 Å². The van der Waals surface area contributed by atoms with E-state index in [2.05, 4.69) is 22.9 Å². The molecule has 0 radical (unpaired) electrons. The van der Waals surface area contributed by atoms with Crippen LogP contribution < -0.4 is 16.0 Å². The molecule has 4 heteroatoms. The maximum absolute atomic E-state index is 5.88. The molecule has 1 heterocycles. The summed E-state index contributed by atoms with van der Waals surface area (Å²) in [5.41, 5.74) is 5.61. The number of benzene rings is 1. The van der Waals surface area contributed by atoms with Crippen LogP contribution in [0.25, 0.3) is 0 Å². The van der Waals surface area contributed by atoms with Crippen LogP contribution in [0.5, 0.6) is 5.75 Å². The summed E-state index contributed by atoms with van der Waals surface area (Å²) in [5, 5.41) is 2.19. The minimum Gasteiger partial charge on any atom is -0.496 e. The standard InChI is InChI=1S/C16H20N2OS/c1-19-14-7-3-2-5-13(14)16(18-17)12-6-4-8-15-11(12)9-10-20-15/h2-3,5,7,9-10,12,16,18H,4,6,8,17H2,1H3. The molecule has 3 rings (SSSR count). The van der Waals surface area contributed by atoms with Crippen molar-refractivity contribution in [2.75, 3.05) is 7.11 Å². The van der Waals surface area contributed by atoms with Crippen molar-refractivity contribution >= 4 is 11.3 Å². The van der Waals surface area contributed by atoms with E-state index in [0.29, 0.717) is 5.92 Å². The zero-order valence-electron chi connectivity index (χ0n) is 11.6. The smallest absolute Gasteiger partial charge is 0.123 e. The van der Waals surface area contributed by atoms with Gasteiger partial charge in [0.2, 0.25) is 0 Å². The fraction of sp³-hybridized carbons (Fsp3) is 0.375.